The maximum Gasteiger partial charge on any atom is 0.345 e. The molecule has 1 aromatic carbocycles. The summed E-state index contributed by atoms with van der Waals surface area (Å²) in [6.45, 7) is 0. The van der Waals surface area contributed by atoms with Gasteiger partial charge in [-0.1, -0.05) is 27.5 Å². The monoisotopic (exact) mass is 290 g/mol. The van der Waals surface area contributed by atoms with E-state index in [9.17, 15) is 4.79 Å². The third kappa shape index (κ3) is 1.54. The van der Waals surface area contributed by atoms with Gasteiger partial charge >= 0.3 is 5.97 Å². The Kier molecular flexibility index (Phi) is 2.51. The number of hydrogen-bond acceptors (Lipinski definition) is 2. The Hall–Kier alpha value is -0.580. The lowest BCUT2D eigenvalue weighted by Crippen LogP contribution is -1.89. The molecule has 0 radical (unpaired) electrons. The number of benzene rings is 1. The first kappa shape index (κ1) is 9.96. The fraction of sp³-hybridized carbons (Fsp3) is 0. The average molecular weight is 292 g/mol. The predicted molar refractivity (Wildman–Crippen MR) is 61.5 cm³/mol. The van der Waals surface area contributed by atoms with E-state index in [2.05, 4.69) is 15.9 Å². The van der Waals surface area contributed by atoms with Crippen LogP contribution in [0, 0.1) is 0 Å². The Morgan fingerprint density at radius 1 is 1.50 bits per heavy atom. The molecule has 0 bridgehead atoms. The Balaban J connectivity index is 2.82. The summed E-state index contributed by atoms with van der Waals surface area (Å²) in [5, 5.41) is 10.3. The molecular formula is C9H4BrClO2S. The van der Waals surface area contributed by atoms with Gasteiger partial charge in [-0.3, -0.25) is 0 Å². The van der Waals surface area contributed by atoms with Crippen LogP contribution in [0.15, 0.2) is 22.7 Å². The van der Waals surface area contributed by atoms with Crippen molar-refractivity contribution in [2.45, 2.75) is 0 Å². The van der Waals surface area contributed by atoms with Crippen molar-refractivity contribution in [3.8, 4) is 0 Å². The van der Waals surface area contributed by atoms with Crippen LogP contribution in [0.5, 0.6) is 0 Å². The van der Waals surface area contributed by atoms with E-state index in [1.54, 1.807) is 12.1 Å². The number of carboxylic acid groups (broad SMARTS) is 1. The first-order chi connectivity index (χ1) is 6.59. The highest BCUT2D eigenvalue weighted by atomic mass is 79.9. The molecule has 0 spiro atoms. The molecule has 0 saturated carbocycles. The molecule has 5 heteroatoms. The summed E-state index contributed by atoms with van der Waals surface area (Å²) >= 11 is 10.5. The molecule has 2 aromatic rings. The fourth-order valence-corrected chi connectivity index (χ4v) is 2.95. The van der Waals surface area contributed by atoms with Crippen LogP contribution in [0.2, 0.25) is 5.02 Å². The largest absolute Gasteiger partial charge is 0.477 e. The molecule has 0 aliphatic rings. The number of hydrogen-bond donors (Lipinski definition) is 1. The van der Waals surface area contributed by atoms with Crippen LogP contribution in [0.1, 0.15) is 9.67 Å². The summed E-state index contributed by atoms with van der Waals surface area (Å²) in [5.41, 5.74) is 0. The van der Waals surface area contributed by atoms with Crippen LogP contribution in [0.25, 0.3) is 10.1 Å². The maximum atomic E-state index is 10.7. The third-order valence-corrected chi connectivity index (χ3v) is 4.07. The van der Waals surface area contributed by atoms with Crippen LogP contribution >= 0.6 is 38.9 Å². The van der Waals surface area contributed by atoms with Gasteiger partial charge in [0.15, 0.2) is 0 Å². The summed E-state index contributed by atoms with van der Waals surface area (Å²) < 4.78 is 1.67. The lowest BCUT2D eigenvalue weighted by Gasteiger charge is -1.94. The van der Waals surface area contributed by atoms with E-state index in [-0.39, 0.29) is 0 Å². The van der Waals surface area contributed by atoms with Gasteiger partial charge < -0.3 is 5.11 Å². The molecule has 0 unspecified atom stereocenters. The highest BCUT2D eigenvalue weighted by molar-refractivity contribution is 9.10. The van der Waals surface area contributed by atoms with E-state index in [1.165, 1.54) is 11.3 Å². The van der Waals surface area contributed by atoms with Gasteiger partial charge in [-0.25, -0.2) is 4.79 Å². The maximum absolute atomic E-state index is 10.7. The SMILES string of the molecule is O=C(O)c1cc2c(Br)ccc(Cl)c2s1. The summed E-state index contributed by atoms with van der Waals surface area (Å²) in [7, 11) is 0. The van der Waals surface area contributed by atoms with Crippen LogP contribution in [0.3, 0.4) is 0 Å². The van der Waals surface area contributed by atoms with Crippen molar-refractivity contribution in [1.29, 1.82) is 0 Å². The number of thiophene rings is 1. The second-order valence-electron chi connectivity index (χ2n) is 2.69. The Morgan fingerprint density at radius 3 is 2.79 bits per heavy atom. The van der Waals surface area contributed by atoms with Gasteiger partial charge in [0, 0.05) is 9.86 Å². The Labute approximate surface area is 97.2 Å². The molecule has 72 valence electrons. The molecule has 0 fully saturated rings. The first-order valence-electron chi connectivity index (χ1n) is 3.70. The molecule has 1 aromatic heterocycles. The van der Waals surface area contributed by atoms with Gasteiger partial charge in [0.1, 0.15) is 4.88 Å². The molecule has 0 aliphatic carbocycles. The number of rotatable bonds is 1. The molecule has 1 N–H and O–H groups in total. The number of carboxylic acids is 1. The Bertz CT molecular complexity index is 482. The van der Waals surface area contributed by atoms with E-state index in [0.717, 1.165) is 14.6 Å². The van der Waals surface area contributed by atoms with Crippen molar-refractivity contribution >= 4 is 54.9 Å². The van der Waals surface area contributed by atoms with Crippen molar-refractivity contribution in [3.63, 3.8) is 0 Å². The van der Waals surface area contributed by atoms with Crippen molar-refractivity contribution in [1.82, 2.24) is 0 Å². The van der Waals surface area contributed by atoms with Gasteiger partial charge in [-0.15, -0.1) is 11.3 Å². The van der Waals surface area contributed by atoms with E-state index >= 15 is 0 Å². The summed E-state index contributed by atoms with van der Waals surface area (Å²) in [6.07, 6.45) is 0. The van der Waals surface area contributed by atoms with Crippen molar-refractivity contribution in [3.05, 3.63) is 32.6 Å². The quantitative estimate of drug-likeness (QED) is 0.862. The van der Waals surface area contributed by atoms with Gasteiger partial charge in [-0.05, 0) is 18.2 Å². The molecule has 0 aliphatic heterocycles. The molecule has 2 rings (SSSR count). The lowest BCUT2D eigenvalue weighted by molar-refractivity contribution is 0.0702. The lowest BCUT2D eigenvalue weighted by atomic mass is 10.2. The van der Waals surface area contributed by atoms with E-state index < -0.39 is 5.97 Å². The van der Waals surface area contributed by atoms with Crippen molar-refractivity contribution in [2.75, 3.05) is 0 Å². The molecule has 0 amide bonds. The highest BCUT2D eigenvalue weighted by Gasteiger charge is 2.12. The molecule has 1 heterocycles. The van der Waals surface area contributed by atoms with Gasteiger partial charge in [0.2, 0.25) is 0 Å². The zero-order valence-corrected chi connectivity index (χ0v) is 9.91. The third-order valence-electron chi connectivity index (χ3n) is 1.79. The number of aromatic carboxylic acids is 1. The molecular weight excluding hydrogens is 288 g/mol. The Morgan fingerprint density at radius 2 is 2.21 bits per heavy atom. The number of fused-ring (bicyclic) bond motifs is 1. The smallest absolute Gasteiger partial charge is 0.345 e. The molecule has 0 atom stereocenters. The van der Waals surface area contributed by atoms with Crippen LogP contribution < -0.4 is 0 Å². The number of carbonyl (C=O) groups is 1. The van der Waals surface area contributed by atoms with Crippen molar-refractivity contribution in [2.24, 2.45) is 0 Å². The first-order valence-corrected chi connectivity index (χ1v) is 5.69. The minimum Gasteiger partial charge on any atom is -0.477 e. The minimum absolute atomic E-state index is 0.300. The fourth-order valence-electron chi connectivity index (χ4n) is 1.16. The van der Waals surface area contributed by atoms with E-state index in [4.69, 9.17) is 16.7 Å². The molecule has 0 saturated heterocycles. The second-order valence-corrected chi connectivity index (χ2v) is 5.00. The van der Waals surface area contributed by atoms with E-state index in [1.807, 2.05) is 6.07 Å². The second kappa shape index (κ2) is 3.53. The van der Waals surface area contributed by atoms with Crippen molar-refractivity contribution < 1.29 is 9.90 Å². The van der Waals surface area contributed by atoms with Gasteiger partial charge in [-0.2, -0.15) is 0 Å². The predicted octanol–water partition coefficient (Wildman–Crippen LogP) is 4.02. The van der Waals surface area contributed by atoms with E-state index in [0.29, 0.717) is 9.90 Å². The standard InChI is InChI=1S/C9H4BrClO2S/c10-5-1-2-6(11)8-4(5)3-7(14-8)9(12)13/h1-3H,(H,12,13). The molecule has 2 nitrogen and oxygen atoms in total. The topological polar surface area (TPSA) is 37.3 Å². The summed E-state index contributed by atoms with van der Waals surface area (Å²) in [6, 6.07) is 5.18. The van der Waals surface area contributed by atoms with Gasteiger partial charge in [0.25, 0.3) is 0 Å². The highest BCUT2D eigenvalue weighted by Crippen LogP contribution is 2.36. The zero-order chi connectivity index (χ0) is 10.3. The summed E-state index contributed by atoms with van der Waals surface area (Å²) in [4.78, 5) is 11.0. The zero-order valence-electron chi connectivity index (χ0n) is 6.75. The molecule has 14 heavy (non-hydrogen) atoms. The van der Waals surface area contributed by atoms with Gasteiger partial charge in [0.05, 0.1) is 9.72 Å². The van der Waals surface area contributed by atoms with Crippen LogP contribution in [0.4, 0.5) is 0 Å². The normalized spacial score (nSPS) is 10.7. The minimum atomic E-state index is -0.922. The van der Waals surface area contributed by atoms with Crippen LogP contribution in [-0.4, -0.2) is 11.1 Å². The van der Waals surface area contributed by atoms with Crippen LogP contribution in [-0.2, 0) is 0 Å². The number of halogens is 2. The average Bonchev–Trinajstić information content (AvgIpc) is 2.57. The summed E-state index contributed by atoms with van der Waals surface area (Å²) in [5.74, 6) is -0.922.